The molecule has 1 N–H and O–H groups in total. The second-order valence-corrected chi connectivity index (χ2v) is 9.04. The van der Waals surface area contributed by atoms with Gasteiger partial charge in [0.2, 0.25) is 5.91 Å². The molecule has 5 rings (SSSR count). The molecule has 0 saturated carbocycles. The predicted octanol–water partition coefficient (Wildman–Crippen LogP) is 2.90. The van der Waals surface area contributed by atoms with Crippen molar-refractivity contribution < 1.29 is 9.59 Å². The first kappa shape index (κ1) is 21.8. The first-order chi connectivity index (χ1) is 16.6. The summed E-state index contributed by atoms with van der Waals surface area (Å²) in [5.41, 5.74) is 1.44. The number of piperazine rings is 1. The van der Waals surface area contributed by atoms with Crippen LogP contribution in [0.5, 0.6) is 0 Å². The van der Waals surface area contributed by atoms with Crippen LogP contribution in [0.1, 0.15) is 15.2 Å². The highest BCUT2D eigenvalue weighted by molar-refractivity contribution is 7.10. The summed E-state index contributed by atoms with van der Waals surface area (Å²) in [6.45, 7) is 2.62. The molecule has 4 aromatic rings. The van der Waals surface area contributed by atoms with Crippen LogP contribution in [0.25, 0.3) is 5.65 Å². The molecule has 1 aliphatic heterocycles. The number of carbonyl (C=O) groups is 2. The molecule has 172 valence electrons. The Kier molecular flexibility index (Phi) is 6.09. The number of amides is 2. The van der Waals surface area contributed by atoms with Gasteiger partial charge in [-0.2, -0.15) is 0 Å². The zero-order valence-corrected chi connectivity index (χ0v) is 19.2. The lowest BCUT2D eigenvalue weighted by molar-refractivity contribution is -0.115. The predicted molar refractivity (Wildman–Crippen MR) is 133 cm³/mol. The van der Waals surface area contributed by atoms with E-state index in [1.54, 1.807) is 23.2 Å². The number of thiophene rings is 1. The molecule has 1 fully saturated rings. The van der Waals surface area contributed by atoms with Crippen LogP contribution in [0, 0.1) is 0 Å². The number of nitrogens with zero attached hydrogens (tertiary/aromatic N) is 4. The third kappa shape index (κ3) is 4.42. The van der Waals surface area contributed by atoms with Gasteiger partial charge in [0.15, 0.2) is 5.65 Å². The zero-order chi connectivity index (χ0) is 23.5. The SMILES string of the molecule is O=C(Cc1cccs1)Nc1cnc2c(C(=O)N3CCN(c4ccccc4)CC3)cccn2c1=O. The summed E-state index contributed by atoms with van der Waals surface area (Å²) in [6, 6.07) is 17.2. The fourth-order valence-corrected chi connectivity index (χ4v) is 4.81. The standard InChI is InChI=1S/C25H23N5O3S/c31-22(16-19-8-5-15-34-19)27-21-17-26-23-20(9-4-10-30(23)25(21)33)24(32)29-13-11-28(12-14-29)18-6-2-1-3-7-18/h1-10,15,17H,11-14,16H2,(H,27,31). The zero-order valence-electron chi connectivity index (χ0n) is 18.4. The Labute approximate surface area is 200 Å². The second-order valence-electron chi connectivity index (χ2n) is 8.01. The molecule has 1 saturated heterocycles. The summed E-state index contributed by atoms with van der Waals surface area (Å²) >= 11 is 1.48. The van der Waals surface area contributed by atoms with Gasteiger partial charge in [0.25, 0.3) is 11.5 Å². The Bertz CT molecular complexity index is 1380. The van der Waals surface area contributed by atoms with E-state index in [0.29, 0.717) is 18.7 Å². The highest BCUT2D eigenvalue weighted by atomic mass is 32.1. The summed E-state index contributed by atoms with van der Waals surface area (Å²) in [6.07, 6.45) is 3.07. The van der Waals surface area contributed by atoms with Crippen LogP contribution in [-0.2, 0) is 11.2 Å². The topological polar surface area (TPSA) is 87.0 Å². The van der Waals surface area contributed by atoms with Gasteiger partial charge in [-0.25, -0.2) is 4.98 Å². The largest absolute Gasteiger partial charge is 0.368 e. The third-order valence-electron chi connectivity index (χ3n) is 5.84. The van der Waals surface area contributed by atoms with E-state index < -0.39 is 5.56 Å². The van der Waals surface area contributed by atoms with Crippen molar-refractivity contribution in [1.82, 2.24) is 14.3 Å². The highest BCUT2D eigenvalue weighted by Gasteiger charge is 2.24. The van der Waals surface area contributed by atoms with Crippen LogP contribution in [0.3, 0.4) is 0 Å². The molecular formula is C25H23N5O3S. The van der Waals surface area contributed by atoms with E-state index in [4.69, 9.17) is 0 Å². The quantitative estimate of drug-likeness (QED) is 0.482. The van der Waals surface area contributed by atoms with E-state index in [0.717, 1.165) is 23.7 Å². The number of pyridine rings is 1. The van der Waals surface area contributed by atoms with Crippen molar-refractivity contribution in [2.45, 2.75) is 6.42 Å². The fourth-order valence-electron chi connectivity index (χ4n) is 4.10. The molecule has 9 heteroatoms. The van der Waals surface area contributed by atoms with Crippen molar-refractivity contribution in [3.63, 3.8) is 0 Å². The lowest BCUT2D eigenvalue weighted by Crippen LogP contribution is -2.49. The third-order valence-corrected chi connectivity index (χ3v) is 6.72. The first-order valence-electron chi connectivity index (χ1n) is 11.0. The molecular weight excluding hydrogens is 450 g/mol. The van der Waals surface area contributed by atoms with Gasteiger partial charge in [0.05, 0.1) is 18.2 Å². The maximum absolute atomic E-state index is 13.3. The van der Waals surface area contributed by atoms with E-state index in [1.165, 1.54) is 21.9 Å². The van der Waals surface area contributed by atoms with Gasteiger partial charge < -0.3 is 15.1 Å². The molecule has 0 radical (unpaired) electrons. The smallest absolute Gasteiger partial charge is 0.281 e. The Hall–Kier alpha value is -3.98. The molecule has 0 spiro atoms. The minimum absolute atomic E-state index is 0.0835. The maximum Gasteiger partial charge on any atom is 0.281 e. The second kappa shape index (κ2) is 9.48. The molecule has 0 bridgehead atoms. The highest BCUT2D eigenvalue weighted by Crippen LogP contribution is 2.18. The number of hydrogen-bond donors (Lipinski definition) is 1. The number of rotatable bonds is 5. The van der Waals surface area contributed by atoms with Crippen LogP contribution in [0.4, 0.5) is 11.4 Å². The van der Waals surface area contributed by atoms with Crippen LogP contribution in [0.15, 0.2) is 77.2 Å². The van der Waals surface area contributed by atoms with Crippen molar-refractivity contribution in [2.75, 3.05) is 36.4 Å². The molecule has 3 aromatic heterocycles. The van der Waals surface area contributed by atoms with E-state index in [-0.39, 0.29) is 29.6 Å². The number of benzene rings is 1. The van der Waals surface area contributed by atoms with Gasteiger partial charge in [-0.05, 0) is 35.7 Å². The van der Waals surface area contributed by atoms with Crippen LogP contribution in [-0.4, -0.2) is 52.3 Å². The Morgan fingerprint density at radius 3 is 2.50 bits per heavy atom. The van der Waals surface area contributed by atoms with E-state index in [1.807, 2.05) is 35.7 Å². The number of para-hydroxylation sites is 1. The molecule has 1 aromatic carbocycles. The van der Waals surface area contributed by atoms with Crippen molar-refractivity contribution in [3.05, 3.63) is 93.2 Å². The maximum atomic E-state index is 13.3. The normalized spacial score (nSPS) is 13.8. The molecule has 2 amide bonds. The van der Waals surface area contributed by atoms with Crippen LogP contribution in [0.2, 0.25) is 0 Å². The van der Waals surface area contributed by atoms with Crippen molar-refractivity contribution in [2.24, 2.45) is 0 Å². The van der Waals surface area contributed by atoms with Gasteiger partial charge in [0, 0.05) is 42.9 Å². The number of aromatic nitrogens is 2. The monoisotopic (exact) mass is 473 g/mol. The molecule has 1 aliphatic rings. The number of carbonyl (C=O) groups excluding carboxylic acids is 2. The lowest BCUT2D eigenvalue weighted by Gasteiger charge is -2.36. The van der Waals surface area contributed by atoms with E-state index in [9.17, 15) is 14.4 Å². The summed E-state index contributed by atoms with van der Waals surface area (Å²) in [4.78, 5) is 47.9. The van der Waals surface area contributed by atoms with Gasteiger partial charge >= 0.3 is 0 Å². The molecule has 0 aliphatic carbocycles. The van der Waals surface area contributed by atoms with E-state index >= 15 is 0 Å². The minimum Gasteiger partial charge on any atom is -0.368 e. The summed E-state index contributed by atoms with van der Waals surface area (Å²) in [5, 5.41) is 4.54. The molecule has 0 atom stereocenters. The number of hydrogen-bond acceptors (Lipinski definition) is 6. The summed E-state index contributed by atoms with van der Waals surface area (Å²) < 4.78 is 1.31. The van der Waals surface area contributed by atoms with Crippen molar-refractivity contribution in [3.8, 4) is 0 Å². The molecule has 8 nitrogen and oxygen atoms in total. The molecule has 4 heterocycles. The summed E-state index contributed by atoms with van der Waals surface area (Å²) in [5.74, 6) is -0.447. The average molecular weight is 474 g/mol. The lowest BCUT2D eigenvalue weighted by atomic mass is 10.2. The van der Waals surface area contributed by atoms with Gasteiger partial charge in [-0.1, -0.05) is 24.3 Å². The Morgan fingerprint density at radius 2 is 1.76 bits per heavy atom. The number of fused-ring (bicyclic) bond motifs is 1. The van der Waals surface area contributed by atoms with Gasteiger partial charge in [-0.3, -0.25) is 18.8 Å². The Morgan fingerprint density at radius 1 is 0.971 bits per heavy atom. The summed E-state index contributed by atoms with van der Waals surface area (Å²) in [7, 11) is 0. The van der Waals surface area contributed by atoms with Crippen molar-refractivity contribution >= 4 is 40.2 Å². The van der Waals surface area contributed by atoms with Crippen LogP contribution < -0.4 is 15.8 Å². The number of nitrogens with one attached hydrogen (secondary N) is 1. The van der Waals surface area contributed by atoms with Crippen molar-refractivity contribution in [1.29, 1.82) is 0 Å². The Balaban J connectivity index is 1.33. The van der Waals surface area contributed by atoms with Gasteiger partial charge in [-0.15, -0.1) is 11.3 Å². The fraction of sp³-hybridized carbons (Fsp3) is 0.200. The number of anilines is 2. The average Bonchev–Trinajstić information content (AvgIpc) is 3.38. The molecule has 34 heavy (non-hydrogen) atoms. The van der Waals surface area contributed by atoms with Gasteiger partial charge in [0.1, 0.15) is 5.69 Å². The van der Waals surface area contributed by atoms with Crippen LogP contribution >= 0.6 is 11.3 Å². The first-order valence-corrected chi connectivity index (χ1v) is 11.9. The van der Waals surface area contributed by atoms with E-state index in [2.05, 4.69) is 27.3 Å². The minimum atomic E-state index is -0.423. The molecule has 0 unspecified atom stereocenters.